The quantitative estimate of drug-likeness (QED) is 0.666. The Labute approximate surface area is 123 Å². The molecule has 1 N–H and O–H groups in total. The summed E-state index contributed by atoms with van der Waals surface area (Å²) in [6.45, 7) is 0.950. The zero-order valence-corrected chi connectivity index (χ0v) is 12.1. The minimum atomic E-state index is -0.430. The summed E-state index contributed by atoms with van der Waals surface area (Å²) in [4.78, 5) is 10.4. The van der Waals surface area contributed by atoms with Gasteiger partial charge in [-0.1, -0.05) is 24.3 Å². The first-order valence-electron chi connectivity index (χ1n) is 5.95. The largest absolute Gasteiger partial charge is 0.309 e. The Kier molecular flexibility index (Phi) is 4.81. The van der Waals surface area contributed by atoms with Gasteiger partial charge in [0.05, 0.1) is 9.40 Å². The lowest BCUT2D eigenvalue weighted by molar-refractivity contribution is -0.385. The first-order valence-corrected chi connectivity index (χ1v) is 6.74. The van der Waals surface area contributed by atoms with Crippen molar-refractivity contribution < 1.29 is 9.31 Å². The summed E-state index contributed by atoms with van der Waals surface area (Å²) in [7, 11) is 0. The number of benzene rings is 2. The van der Waals surface area contributed by atoms with Gasteiger partial charge in [-0.2, -0.15) is 0 Å². The third-order valence-corrected chi connectivity index (χ3v) is 3.70. The lowest BCUT2D eigenvalue weighted by Crippen LogP contribution is -2.13. The second-order valence-corrected chi connectivity index (χ2v) is 5.03. The van der Waals surface area contributed by atoms with E-state index < -0.39 is 4.92 Å². The molecule has 0 aliphatic rings. The van der Waals surface area contributed by atoms with Crippen molar-refractivity contribution in [1.29, 1.82) is 0 Å². The van der Waals surface area contributed by atoms with Crippen LogP contribution in [0.1, 0.15) is 11.1 Å². The molecule has 20 heavy (non-hydrogen) atoms. The van der Waals surface area contributed by atoms with E-state index in [1.165, 1.54) is 18.2 Å². The third kappa shape index (κ3) is 3.61. The van der Waals surface area contributed by atoms with Crippen LogP contribution in [0.15, 0.2) is 46.9 Å². The molecule has 0 spiro atoms. The van der Waals surface area contributed by atoms with Crippen molar-refractivity contribution in [1.82, 2.24) is 5.32 Å². The fourth-order valence-corrected chi connectivity index (χ4v) is 2.38. The Morgan fingerprint density at radius 1 is 1.20 bits per heavy atom. The second kappa shape index (κ2) is 6.58. The molecular weight excluding hydrogens is 327 g/mol. The van der Waals surface area contributed by atoms with Crippen LogP contribution >= 0.6 is 15.9 Å². The number of nitro groups is 1. The van der Waals surface area contributed by atoms with Crippen LogP contribution in [0.5, 0.6) is 0 Å². The van der Waals surface area contributed by atoms with Crippen molar-refractivity contribution in [2.45, 2.75) is 13.1 Å². The number of nitro benzene ring substituents is 1. The van der Waals surface area contributed by atoms with E-state index in [-0.39, 0.29) is 11.5 Å². The van der Waals surface area contributed by atoms with Gasteiger partial charge in [0.1, 0.15) is 5.82 Å². The molecule has 0 radical (unpaired) electrons. The first-order chi connectivity index (χ1) is 9.58. The molecule has 0 aliphatic heterocycles. The number of nitrogens with zero attached hydrogens (tertiary/aromatic N) is 1. The van der Waals surface area contributed by atoms with Crippen LogP contribution in [-0.2, 0) is 13.1 Å². The number of hydrogen-bond donors (Lipinski definition) is 1. The molecule has 0 saturated carbocycles. The summed E-state index contributed by atoms with van der Waals surface area (Å²) in [6.07, 6.45) is 0. The highest BCUT2D eigenvalue weighted by Crippen LogP contribution is 2.28. The fraction of sp³-hybridized carbons (Fsp3) is 0.143. The van der Waals surface area contributed by atoms with Crippen LogP contribution in [-0.4, -0.2) is 4.92 Å². The molecule has 0 saturated heterocycles. The lowest BCUT2D eigenvalue weighted by Gasteiger charge is -2.07. The average Bonchev–Trinajstić information content (AvgIpc) is 2.40. The van der Waals surface area contributed by atoms with Crippen LogP contribution in [0.2, 0.25) is 0 Å². The molecule has 4 nitrogen and oxygen atoms in total. The number of nitrogens with one attached hydrogen (secondary N) is 1. The fourth-order valence-electron chi connectivity index (χ4n) is 1.83. The Bertz CT molecular complexity index is 634. The number of halogens is 2. The molecule has 0 bridgehead atoms. The number of rotatable bonds is 5. The maximum absolute atomic E-state index is 13.0. The van der Waals surface area contributed by atoms with Gasteiger partial charge in [-0.25, -0.2) is 4.39 Å². The summed E-state index contributed by atoms with van der Waals surface area (Å²) in [5.41, 5.74) is 1.65. The van der Waals surface area contributed by atoms with E-state index in [1.54, 1.807) is 18.2 Å². The van der Waals surface area contributed by atoms with E-state index in [2.05, 4.69) is 21.2 Å². The van der Waals surface area contributed by atoms with Crippen molar-refractivity contribution in [2.75, 3.05) is 0 Å². The van der Waals surface area contributed by atoms with Gasteiger partial charge < -0.3 is 5.32 Å². The standard InChI is InChI=1S/C14H12BrFN2O2/c15-14-11(4-2-6-13(14)18(19)20)9-17-8-10-3-1-5-12(16)7-10/h1-7,17H,8-9H2. The average molecular weight is 339 g/mol. The zero-order valence-electron chi connectivity index (χ0n) is 10.5. The summed E-state index contributed by atoms with van der Waals surface area (Å²) in [6, 6.07) is 11.2. The minimum Gasteiger partial charge on any atom is -0.309 e. The van der Waals surface area contributed by atoms with E-state index in [4.69, 9.17) is 0 Å². The molecular formula is C14H12BrFN2O2. The molecule has 0 aromatic heterocycles. The molecule has 0 fully saturated rings. The monoisotopic (exact) mass is 338 g/mol. The van der Waals surface area contributed by atoms with Crippen molar-refractivity contribution in [3.05, 3.63) is 74.0 Å². The zero-order chi connectivity index (χ0) is 14.5. The summed E-state index contributed by atoms with van der Waals surface area (Å²) < 4.78 is 13.5. The van der Waals surface area contributed by atoms with E-state index in [0.717, 1.165) is 11.1 Å². The van der Waals surface area contributed by atoms with E-state index in [0.29, 0.717) is 17.6 Å². The van der Waals surface area contributed by atoms with Crippen molar-refractivity contribution in [3.63, 3.8) is 0 Å². The van der Waals surface area contributed by atoms with Crippen LogP contribution in [0.25, 0.3) is 0 Å². The Hall–Kier alpha value is -1.79. The molecule has 0 unspecified atom stereocenters. The van der Waals surface area contributed by atoms with E-state index in [1.807, 2.05) is 6.07 Å². The smallest absolute Gasteiger partial charge is 0.283 e. The maximum Gasteiger partial charge on any atom is 0.283 e. The van der Waals surface area contributed by atoms with Gasteiger partial charge in [0, 0.05) is 19.2 Å². The second-order valence-electron chi connectivity index (χ2n) is 4.24. The molecule has 0 amide bonds. The maximum atomic E-state index is 13.0. The molecule has 0 aliphatic carbocycles. The highest BCUT2D eigenvalue weighted by molar-refractivity contribution is 9.10. The summed E-state index contributed by atoms with van der Waals surface area (Å²) in [5, 5.41) is 14.0. The summed E-state index contributed by atoms with van der Waals surface area (Å²) >= 11 is 3.24. The third-order valence-electron chi connectivity index (χ3n) is 2.79. The Balaban J connectivity index is 2.01. The Morgan fingerprint density at radius 3 is 2.65 bits per heavy atom. The first kappa shape index (κ1) is 14.6. The minimum absolute atomic E-state index is 0.0371. The van der Waals surface area contributed by atoms with E-state index in [9.17, 15) is 14.5 Å². The van der Waals surface area contributed by atoms with Crippen molar-refractivity contribution in [2.24, 2.45) is 0 Å². The number of hydrogen-bond acceptors (Lipinski definition) is 3. The van der Waals surface area contributed by atoms with Crippen molar-refractivity contribution >= 4 is 21.6 Å². The molecule has 2 aromatic carbocycles. The van der Waals surface area contributed by atoms with Gasteiger partial charge in [-0.3, -0.25) is 10.1 Å². The van der Waals surface area contributed by atoms with Gasteiger partial charge in [0.25, 0.3) is 5.69 Å². The molecule has 2 aromatic rings. The van der Waals surface area contributed by atoms with E-state index >= 15 is 0 Å². The predicted octanol–water partition coefficient (Wildman–Crippen LogP) is 3.79. The van der Waals surface area contributed by atoms with Crippen LogP contribution in [0.4, 0.5) is 10.1 Å². The highest BCUT2D eigenvalue weighted by Gasteiger charge is 2.14. The SMILES string of the molecule is O=[N+]([O-])c1cccc(CNCc2cccc(F)c2)c1Br. The lowest BCUT2D eigenvalue weighted by atomic mass is 10.2. The molecule has 0 atom stereocenters. The molecule has 104 valence electrons. The Morgan fingerprint density at radius 2 is 1.95 bits per heavy atom. The van der Waals surface area contributed by atoms with Crippen LogP contribution in [0, 0.1) is 15.9 Å². The molecule has 0 heterocycles. The van der Waals surface area contributed by atoms with Gasteiger partial charge in [0.15, 0.2) is 0 Å². The molecule has 2 rings (SSSR count). The van der Waals surface area contributed by atoms with Gasteiger partial charge >= 0.3 is 0 Å². The molecule has 6 heteroatoms. The van der Waals surface area contributed by atoms with Crippen LogP contribution < -0.4 is 5.32 Å². The van der Waals surface area contributed by atoms with Gasteiger partial charge in [-0.05, 0) is 39.2 Å². The summed E-state index contributed by atoms with van der Waals surface area (Å²) in [5.74, 6) is -0.277. The topological polar surface area (TPSA) is 55.2 Å². The van der Waals surface area contributed by atoms with Crippen molar-refractivity contribution in [3.8, 4) is 0 Å². The van der Waals surface area contributed by atoms with Gasteiger partial charge in [0.2, 0.25) is 0 Å². The van der Waals surface area contributed by atoms with Gasteiger partial charge in [-0.15, -0.1) is 0 Å². The predicted molar refractivity (Wildman–Crippen MR) is 77.7 cm³/mol. The van der Waals surface area contributed by atoms with Crippen LogP contribution in [0.3, 0.4) is 0 Å². The highest BCUT2D eigenvalue weighted by atomic mass is 79.9. The normalized spacial score (nSPS) is 10.5.